The van der Waals surface area contributed by atoms with Gasteiger partial charge in [0, 0.05) is 18.0 Å². The Kier molecular flexibility index (Phi) is 6.38. The highest BCUT2D eigenvalue weighted by molar-refractivity contribution is 8.22. The van der Waals surface area contributed by atoms with Crippen LogP contribution in [0.2, 0.25) is 0 Å². The van der Waals surface area contributed by atoms with Crippen LogP contribution >= 0.6 is 55.5 Å². The molecule has 21 heavy (non-hydrogen) atoms. The molecule has 9 heteroatoms. The summed E-state index contributed by atoms with van der Waals surface area (Å²) in [5.74, 6) is 0.502. The van der Waals surface area contributed by atoms with Gasteiger partial charge < -0.3 is 4.84 Å². The highest BCUT2D eigenvalue weighted by Crippen LogP contribution is 2.45. The Morgan fingerprint density at radius 1 is 1.29 bits per heavy atom. The molecular formula is C12H9Cl2N3OS3. The molecule has 0 amide bonds. The van der Waals surface area contributed by atoms with E-state index in [0.29, 0.717) is 21.3 Å². The fraction of sp³-hybridized carbons (Fsp3) is 0.0833. The number of aromatic nitrogens is 2. The molecule has 0 radical (unpaired) electrons. The van der Waals surface area contributed by atoms with Crippen molar-refractivity contribution < 1.29 is 4.84 Å². The van der Waals surface area contributed by atoms with Gasteiger partial charge in [-0.15, -0.1) is 0 Å². The van der Waals surface area contributed by atoms with Crippen molar-refractivity contribution in [2.45, 2.75) is 16.7 Å². The summed E-state index contributed by atoms with van der Waals surface area (Å²) in [4.78, 5) is 15.8. The molecule has 0 aliphatic carbocycles. The van der Waals surface area contributed by atoms with E-state index < -0.39 is 0 Å². The summed E-state index contributed by atoms with van der Waals surface area (Å²) in [6, 6.07) is 3.70. The monoisotopic (exact) mass is 377 g/mol. The molecule has 0 fully saturated rings. The van der Waals surface area contributed by atoms with Crippen molar-refractivity contribution in [1.82, 2.24) is 15.4 Å². The Hall–Kier alpha value is -0.730. The van der Waals surface area contributed by atoms with Crippen LogP contribution in [-0.2, 0) is 0 Å². The molecule has 2 aromatic rings. The third-order valence-corrected chi connectivity index (χ3v) is 4.46. The number of hydrogen-bond acceptors (Lipinski definition) is 6. The van der Waals surface area contributed by atoms with Gasteiger partial charge in [-0.1, -0.05) is 18.3 Å². The lowest BCUT2D eigenvalue weighted by Gasteiger charge is -2.15. The smallest absolute Gasteiger partial charge is 0.185 e. The van der Waals surface area contributed by atoms with Crippen LogP contribution in [0, 0.1) is 0 Å². The van der Waals surface area contributed by atoms with Crippen LogP contribution in [0.1, 0.15) is 6.92 Å². The molecule has 1 aromatic heterocycles. The zero-order chi connectivity index (χ0) is 15.2. The second kappa shape index (κ2) is 8.05. The molecule has 0 atom stereocenters. The van der Waals surface area contributed by atoms with Crippen molar-refractivity contribution in [3.8, 4) is 17.0 Å². The third kappa shape index (κ3) is 4.14. The molecule has 0 bridgehead atoms. The van der Waals surface area contributed by atoms with Gasteiger partial charge in [-0.25, -0.2) is 5.48 Å². The van der Waals surface area contributed by atoms with Crippen molar-refractivity contribution >= 4 is 60.5 Å². The minimum absolute atomic E-state index is 0.496. The van der Waals surface area contributed by atoms with Gasteiger partial charge in [-0.05, 0) is 56.3 Å². The van der Waals surface area contributed by atoms with Crippen LogP contribution < -0.4 is 10.3 Å². The molecular weight excluding hydrogens is 369 g/mol. The molecule has 0 saturated heterocycles. The van der Waals surface area contributed by atoms with Crippen LogP contribution in [0.4, 0.5) is 0 Å². The van der Waals surface area contributed by atoms with Crippen LogP contribution in [0.15, 0.2) is 40.5 Å². The highest BCUT2D eigenvalue weighted by Gasteiger charge is 2.18. The Morgan fingerprint density at radius 2 is 2.10 bits per heavy atom. The number of hydroxylamine groups is 1. The summed E-state index contributed by atoms with van der Waals surface area (Å²) >= 11 is 4.94. The summed E-state index contributed by atoms with van der Waals surface area (Å²) in [6.07, 6.45) is 4.87. The van der Waals surface area contributed by atoms with Gasteiger partial charge in [0.2, 0.25) is 0 Å². The molecule has 4 nitrogen and oxygen atoms in total. The molecule has 1 heterocycles. The Labute approximate surface area is 144 Å². The number of nitrogens with one attached hydrogen (secondary N) is 1. The molecule has 110 valence electrons. The number of nitrogens with zero attached hydrogens (tertiary/aromatic N) is 2. The average Bonchev–Trinajstić information content (AvgIpc) is 2.52. The summed E-state index contributed by atoms with van der Waals surface area (Å²) in [5, 5.41) is 0. The molecule has 0 aliphatic rings. The summed E-state index contributed by atoms with van der Waals surface area (Å²) in [5.41, 5.74) is 4.13. The Morgan fingerprint density at radius 3 is 2.67 bits per heavy atom. The van der Waals surface area contributed by atoms with E-state index in [1.807, 2.05) is 12.1 Å². The molecule has 2 rings (SSSR count). The number of thiocarbonyl (C=S) groups is 1. The fourth-order valence-electron chi connectivity index (χ4n) is 1.54. The van der Waals surface area contributed by atoms with Gasteiger partial charge in [0.1, 0.15) is 4.99 Å². The van der Waals surface area contributed by atoms with Crippen molar-refractivity contribution in [3.05, 3.63) is 30.7 Å². The maximum absolute atomic E-state index is 6.01. The van der Waals surface area contributed by atoms with Crippen molar-refractivity contribution in [2.75, 3.05) is 0 Å². The van der Waals surface area contributed by atoms with E-state index in [-0.39, 0.29) is 0 Å². The Bertz CT molecular complexity index is 643. The second-order valence-electron chi connectivity index (χ2n) is 3.77. The van der Waals surface area contributed by atoms with Crippen molar-refractivity contribution in [2.24, 2.45) is 0 Å². The van der Waals surface area contributed by atoms with Gasteiger partial charge in [-0.3, -0.25) is 9.97 Å². The van der Waals surface area contributed by atoms with Gasteiger partial charge >= 0.3 is 0 Å². The fourth-order valence-corrected chi connectivity index (χ4v) is 3.28. The van der Waals surface area contributed by atoms with E-state index in [1.54, 1.807) is 25.5 Å². The van der Waals surface area contributed by atoms with E-state index in [4.69, 9.17) is 38.4 Å². The topological polar surface area (TPSA) is 47.0 Å². The minimum Gasteiger partial charge on any atom is -0.379 e. The minimum atomic E-state index is 0.496. The summed E-state index contributed by atoms with van der Waals surface area (Å²) in [7, 11) is 13.9. The van der Waals surface area contributed by atoms with Crippen LogP contribution in [-0.4, -0.2) is 15.0 Å². The van der Waals surface area contributed by atoms with Gasteiger partial charge in [0.15, 0.2) is 5.75 Å². The lowest BCUT2D eigenvalue weighted by atomic mass is 10.1. The zero-order valence-corrected chi connectivity index (χ0v) is 14.6. The highest BCUT2D eigenvalue weighted by atomic mass is 35.7. The predicted molar refractivity (Wildman–Crippen MR) is 92.9 cm³/mol. The maximum Gasteiger partial charge on any atom is 0.185 e. The predicted octanol–water partition coefficient (Wildman–Crippen LogP) is 4.87. The molecule has 1 N–H and O–H groups in total. The molecule has 1 aromatic carbocycles. The van der Waals surface area contributed by atoms with Crippen LogP contribution in [0.3, 0.4) is 0 Å². The quantitative estimate of drug-likeness (QED) is 0.589. The summed E-state index contributed by atoms with van der Waals surface area (Å²) in [6.45, 7) is 1.71. The molecule has 0 aliphatic heterocycles. The van der Waals surface area contributed by atoms with Gasteiger partial charge in [0.25, 0.3) is 0 Å². The van der Waals surface area contributed by atoms with Crippen molar-refractivity contribution in [3.63, 3.8) is 0 Å². The number of hydrogen-bond donors (Lipinski definition) is 1. The Balaban J connectivity index is 2.52. The second-order valence-corrected chi connectivity index (χ2v) is 6.47. The first kappa shape index (κ1) is 16.6. The number of halogens is 2. The number of benzene rings is 1. The maximum atomic E-state index is 6.01. The first-order chi connectivity index (χ1) is 10.2. The van der Waals surface area contributed by atoms with Crippen LogP contribution in [0.25, 0.3) is 11.3 Å². The normalized spacial score (nSPS) is 10.2. The first-order valence-corrected chi connectivity index (χ1v) is 9.30. The SMILES string of the molecule is CC(=S)NOc1c(SCl)ccc(-c2cnccn2)c1SCl. The average molecular weight is 378 g/mol. The van der Waals surface area contributed by atoms with Gasteiger partial charge in [-0.2, -0.15) is 0 Å². The van der Waals surface area contributed by atoms with Gasteiger partial charge in [0.05, 0.1) is 21.7 Å². The molecule has 0 spiro atoms. The largest absolute Gasteiger partial charge is 0.379 e. The molecule has 0 unspecified atom stereocenters. The van der Waals surface area contributed by atoms with E-state index in [9.17, 15) is 0 Å². The number of rotatable bonds is 5. The molecule has 0 saturated carbocycles. The summed E-state index contributed by atoms with van der Waals surface area (Å²) < 4.78 is 0. The third-order valence-electron chi connectivity index (χ3n) is 2.37. The van der Waals surface area contributed by atoms with E-state index in [0.717, 1.165) is 32.4 Å². The standard InChI is InChI=1S/C12H9Cl2N3OS3/c1-7(19)17-18-11-10(20-13)3-2-8(12(11)21-14)9-6-15-4-5-16-9/h2-6H,1H3,(H,17,19). The van der Waals surface area contributed by atoms with Crippen LogP contribution in [0.5, 0.6) is 5.75 Å². The first-order valence-electron chi connectivity index (χ1n) is 5.61. The van der Waals surface area contributed by atoms with E-state index >= 15 is 0 Å². The van der Waals surface area contributed by atoms with E-state index in [2.05, 4.69) is 15.4 Å². The van der Waals surface area contributed by atoms with Crippen molar-refractivity contribution in [1.29, 1.82) is 0 Å². The lowest BCUT2D eigenvalue weighted by molar-refractivity contribution is 0.251. The van der Waals surface area contributed by atoms with E-state index in [1.165, 1.54) is 0 Å². The zero-order valence-electron chi connectivity index (χ0n) is 10.7. The lowest BCUT2D eigenvalue weighted by Crippen LogP contribution is -2.22.